The van der Waals surface area contributed by atoms with E-state index in [1.54, 1.807) is 13.8 Å². The molecule has 0 spiro atoms. The first-order valence-corrected chi connectivity index (χ1v) is 9.42. The zero-order valence-electron chi connectivity index (χ0n) is 16.6. The van der Waals surface area contributed by atoms with Gasteiger partial charge < -0.3 is 24.4 Å². The number of phenols is 2. The molecule has 8 heteroatoms. The van der Waals surface area contributed by atoms with E-state index in [4.69, 9.17) is 14.2 Å². The molecular weight excluding hydrogens is 392 g/mol. The van der Waals surface area contributed by atoms with Crippen molar-refractivity contribution in [3.63, 3.8) is 0 Å². The molecule has 4 rings (SSSR count). The summed E-state index contributed by atoms with van der Waals surface area (Å²) >= 11 is 0. The van der Waals surface area contributed by atoms with Gasteiger partial charge in [-0.15, -0.1) is 0 Å². The number of hydrogen-bond acceptors (Lipinski definition) is 8. The van der Waals surface area contributed by atoms with Gasteiger partial charge in [-0.2, -0.15) is 0 Å². The number of fused-ring (bicyclic) bond motifs is 2. The minimum Gasteiger partial charge on any atom is -0.507 e. The zero-order chi connectivity index (χ0) is 21.7. The molecular formula is C22H20O8. The molecule has 0 saturated carbocycles. The predicted octanol–water partition coefficient (Wildman–Crippen LogP) is 2.41. The first-order valence-electron chi connectivity index (χ1n) is 9.42. The molecule has 1 aliphatic heterocycles. The molecule has 156 valence electrons. The van der Waals surface area contributed by atoms with Gasteiger partial charge >= 0.3 is 5.97 Å². The molecule has 1 aliphatic carbocycles. The molecule has 0 unspecified atom stereocenters. The maximum atomic E-state index is 13.1. The third kappa shape index (κ3) is 2.96. The summed E-state index contributed by atoms with van der Waals surface area (Å²) in [5.74, 6) is -2.70. The lowest BCUT2D eigenvalue weighted by Crippen LogP contribution is -2.23. The number of esters is 1. The minimum absolute atomic E-state index is 0.0271. The Morgan fingerprint density at radius 2 is 1.70 bits per heavy atom. The van der Waals surface area contributed by atoms with E-state index >= 15 is 0 Å². The Bertz CT molecular complexity index is 1080. The van der Waals surface area contributed by atoms with Crippen molar-refractivity contribution in [3.8, 4) is 11.5 Å². The fourth-order valence-corrected chi connectivity index (χ4v) is 3.80. The van der Waals surface area contributed by atoms with Crippen LogP contribution in [-0.2, 0) is 25.4 Å². The van der Waals surface area contributed by atoms with E-state index in [9.17, 15) is 24.6 Å². The molecule has 30 heavy (non-hydrogen) atoms. The number of ether oxygens (including phenoxy) is 3. The Hall–Kier alpha value is -3.23. The van der Waals surface area contributed by atoms with Crippen molar-refractivity contribution in [2.75, 3.05) is 7.11 Å². The Labute approximate surface area is 172 Å². The maximum absolute atomic E-state index is 13.1. The van der Waals surface area contributed by atoms with Crippen LogP contribution < -0.4 is 0 Å². The second kappa shape index (κ2) is 7.23. The van der Waals surface area contributed by atoms with Crippen molar-refractivity contribution in [1.82, 2.24) is 0 Å². The van der Waals surface area contributed by atoms with E-state index in [-0.39, 0.29) is 57.8 Å². The van der Waals surface area contributed by atoms with Gasteiger partial charge in [0.05, 0.1) is 42.4 Å². The van der Waals surface area contributed by atoms with Crippen LogP contribution in [0.15, 0.2) is 24.3 Å². The van der Waals surface area contributed by atoms with Crippen LogP contribution >= 0.6 is 0 Å². The van der Waals surface area contributed by atoms with Crippen molar-refractivity contribution in [2.24, 2.45) is 0 Å². The van der Waals surface area contributed by atoms with Crippen LogP contribution in [0.25, 0.3) is 0 Å². The summed E-state index contributed by atoms with van der Waals surface area (Å²) in [6.07, 6.45) is -1.88. The Morgan fingerprint density at radius 3 is 2.33 bits per heavy atom. The van der Waals surface area contributed by atoms with Crippen molar-refractivity contribution >= 4 is 17.5 Å². The zero-order valence-corrected chi connectivity index (χ0v) is 16.6. The largest absolute Gasteiger partial charge is 0.507 e. The molecule has 2 N–H and O–H groups in total. The molecule has 2 aromatic rings. The summed E-state index contributed by atoms with van der Waals surface area (Å²) in [6.45, 7) is 3.59. The van der Waals surface area contributed by atoms with Gasteiger partial charge in [0.2, 0.25) is 5.78 Å². The molecule has 1 heterocycles. The van der Waals surface area contributed by atoms with Gasteiger partial charge in [0, 0.05) is 11.1 Å². The first kappa shape index (κ1) is 20.1. The van der Waals surface area contributed by atoms with Gasteiger partial charge in [-0.3, -0.25) is 14.4 Å². The van der Waals surface area contributed by atoms with E-state index in [1.165, 1.54) is 31.4 Å². The van der Waals surface area contributed by atoms with Crippen LogP contribution in [0.2, 0.25) is 0 Å². The summed E-state index contributed by atoms with van der Waals surface area (Å²) in [5, 5.41) is 21.2. The number of hydrogen-bond donors (Lipinski definition) is 2. The lowest BCUT2D eigenvalue weighted by atomic mass is 9.80. The highest BCUT2D eigenvalue weighted by molar-refractivity contribution is 6.30. The van der Waals surface area contributed by atoms with E-state index in [2.05, 4.69) is 0 Å². The van der Waals surface area contributed by atoms with Crippen molar-refractivity contribution in [1.29, 1.82) is 0 Å². The molecule has 2 aliphatic rings. The minimum atomic E-state index is -1.03. The van der Waals surface area contributed by atoms with E-state index < -0.39 is 29.6 Å². The lowest BCUT2D eigenvalue weighted by Gasteiger charge is -2.24. The normalized spacial score (nSPS) is 20.8. The Morgan fingerprint density at radius 1 is 1.03 bits per heavy atom. The van der Waals surface area contributed by atoms with Gasteiger partial charge in [-0.25, -0.2) is 0 Å². The maximum Gasteiger partial charge on any atom is 0.309 e. The summed E-state index contributed by atoms with van der Waals surface area (Å²) in [4.78, 5) is 38.2. The third-order valence-electron chi connectivity index (χ3n) is 5.55. The number of carbonyl (C=O) groups is 3. The predicted molar refractivity (Wildman–Crippen MR) is 103 cm³/mol. The molecule has 0 aromatic heterocycles. The second-order valence-corrected chi connectivity index (χ2v) is 7.35. The summed E-state index contributed by atoms with van der Waals surface area (Å²) in [7, 11) is 1.22. The van der Waals surface area contributed by atoms with Crippen LogP contribution in [0.3, 0.4) is 0 Å². The SMILES string of the molecule is COC(=O)Cc1cc2c(c(O)c1C1O[C@H](C)[C@@H](C)O1)C(=O)c1c(O)cccc1C2=O. The highest BCUT2D eigenvalue weighted by Gasteiger charge is 2.40. The highest BCUT2D eigenvalue weighted by atomic mass is 16.7. The number of ketones is 2. The van der Waals surface area contributed by atoms with Gasteiger partial charge in [0.25, 0.3) is 0 Å². The molecule has 2 atom stereocenters. The molecule has 0 radical (unpaired) electrons. The van der Waals surface area contributed by atoms with Crippen LogP contribution in [0.5, 0.6) is 11.5 Å². The van der Waals surface area contributed by atoms with Gasteiger partial charge in [-0.1, -0.05) is 12.1 Å². The van der Waals surface area contributed by atoms with Crippen LogP contribution in [0.1, 0.15) is 63.1 Å². The molecule has 0 bridgehead atoms. The Balaban J connectivity index is 1.95. The summed E-state index contributed by atoms with van der Waals surface area (Å²) < 4.78 is 16.3. The highest BCUT2D eigenvalue weighted by Crippen LogP contribution is 2.44. The van der Waals surface area contributed by atoms with Crippen molar-refractivity contribution in [2.45, 2.75) is 38.8 Å². The van der Waals surface area contributed by atoms with Crippen molar-refractivity contribution < 1.29 is 38.8 Å². The molecule has 8 nitrogen and oxygen atoms in total. The molecule has 0 amide bonds. The summed E-state index contributed by atoms with van der Waals surface area (Å²) in [6, 6.07) is 5.56. The molecule has 1 saturated heterocycles. The topological polar surface area (TPSA) is 119 Å². The number of carbonyl (C=O) groups excluding carboxylic acids is 3. The van der Waals surface area contributed by atoms with Crippen molar-refractivity contribution in [3.05, 3.63) is 57.6 Å². The first-order chi connectivity index (χ1) is 14.2. The Kier molecular flexibility index (Phi) is 4.83. The van der Waals surface area contributed by atoms with Gasteiger partial charge in [0.1, 0.15) is 11.5 Å². The number of rotatable bonds is 3. The number of methoxy groups -OCH3 is 1. The average Bonchev–Trinajstić information content (AvgIpc) is 3.03. The lowest BCUT2D eigenvalue weighted by molar-refractivity contribution is -0.139. The third-order valence-corrected chi connectivity index (χ3v) is 5.55. The van der Waals surface area contributed by atoms with Gasteiger partial charge in [0.15, 0.2) is 12.1 Å². The quantitative estimate of drug-likeness (QED) is 0.630. The van der Waals surface area contributed by atoms with Crippen LogP contribution in [-0.4, -0.2) is 47.1 Å². The smallest absolute Gasteiger partial charge is 0.309 e. The van der Waals surface area contributed by atoms with E-state index in [0.717, 1.165) is 0 Å². The molecule has 1 fully saturated rings. The van der Waals surface area contributed by atoms with Crippen LogP contribution in [0.4, 0.5) is 0 Å². The van der Waals surface area contributed by atoms with E-state index in [1.807, 2.05) is 0 Å². The fraction of sp³-hybridized carbons (Fsp3) is 0.318. The fourth-order valence-electron chi connectivity index (χ4n) is 3.80. The number of phenolic OH excluding ortho intramolecular Hbond substituents is 2. The summed E-state index contributed by atoms with van der Waals surface area (Å²) in [5.41, 5.74) is -0.106. The molecule has 2 aromatic carbocycles. The average molecular weight is 412 g/mol. The standard InChI is InChI=1S/C22H20O8/c1-9-10(2)30-22(29-9)16-11(8-15(24)28-3)7-13-18(20(16)26)21(27)17-12(19(13)25)5-4-6-14(17)23/h4-7,9-10,22-23,26H,8H2,1-3H3/t9-,10-/m1/s1. The van der Waals surface area contributed by atoms with Crippen LogP contribution in [0, 0.1) is 0 Å². The number of aromatic hydroxyl groups is 2. The monoisotopic (exact) mass is 412 g/mol. The second-order valence-electron chi connectivity index (χ2n) is 7.35. The van der Waals surface area contributed by atoms with Gasteiger partial charge in [-0.05, 0) is 31.5 Å². The number of benzene rings is 2. The van der Waals surface area contributed by atoms with E-state index in [0.29, 0.717) is 0 Å².